The van der Waals surface area contributed by atoms with Crippen molar-refractivity contribution in [3.05, 3.63) is 0 Å². The van der Waals surface area contributed by atoms with Gasteiger partial charge in [0, 0.05) is 7.11 Å². The van der Waals surface area contributed by atoms with Crippen LogP contribution in [0.2, 0.25) is 0 Å². The van der Waals surface area contributed by atoms with E-state index in [0.29, 0.717) is 0 Å². The molecule has 1 unspecified atom stereocenters. The van der Waals surface area contributed by atoms with E-state index in [9.17, 15) is 4.79 Å². The van der Waals surface area contributed by atoms with Gasteiger partial charge in [0.05, 0.1) is 12.7 Å². The summed E-state index contributed by atoms with van der Waals surface area (Å²) >= 11 is 0. The average molecular weight is 191 g/mol. The first-order valence-corrected chi connectivity index (χ1v) is 4.04. The molecule has 0 amide bonds. The molecule has 0 saturated heterocycles. The third kappa shape index (κ3) is 3.71. The minimum Gasteiger partial charge on any atom is -0.461 e. The summed E-state index contributed by atoms with van der Waals surface area (Å²) in [6.45, 7) is 5.08. The lowest BCUT2D eigenvalue weighted by Crippen LogP contribution is -2.46. The molecule has 5 heteroatoms. The van der Waals surface area contributed by atoms with Gasteiger partial charge in [-0.3, -0.25) is 4.84 Å². The molecule has 0 fully saturated rings. The highest BCUT2D eigenvalue weighted by Crippen LogP contribution is 2.11. The van der Waals surface area contributed by atoms with Crippen LogP contribution in [0.25, 0.3) is 0 Å². The second kappa shape index (κ2) is 5.16. The molecular weight excluding hydrogens is 174 g/mol. The smallest absolute Gasteiger partial charge is 0.342 e. The number of carbonyl (C=O) groups is 1. The van der Waals surface area contributed by atoms with E-state index < -0.39 is 11.6 Å². The van der Waals surface area contributed by atoms with Crippen molar-refractivity contribution in [2.24, 2.45) is 5.90 Å². The van der Waals surface area contributed by atoms with E-state index in [0.717, 1.165) is 0 Å². The number of hydrogen-bond donors (Lipinski definition) is 1. The zero-order valence-corrected chi connectivity index (χ0v) is 8.49. The summed E-state index contributed by atoms with van der Waals surface area (Å²) in [7, 11) is 1.46. The van der Waals surface area contributed by atoms with Crippen LogP contribution >= 0.6 is 0 Å². The number of nitrogens with two attached hydrogens (primary N) is 1. The Morgan fingerprint density at radius 3 is 2.38 bits per heavy atom. The molecule has 0 heterocycles. The van der Waals surface area contributed by atoms with Gasteiger partial charge >= 0.3 is 5.97 Å². The number of rotatable bonds is 5. The summed E-state index contributed by atoms with van der Waals surface area (Å²) in [5, 5.41) is 0. The van der Waals surface area contributed by atoms with Crippen molar-refractivity contribution < 1.29 is 19.1 Å². The topological polar surface area (TPSA) is 70.8 Å². The monoisotopic (exact) mass is 191 g/mol. The summed E-state index contributed by atoms with van der Waals surface area (Å²) in [4.78, 5) is 15.9. The Balaban J connectivity index is 4.28. The summed E-state index contributed by atoms with van der Waals surface area (Å²) in [6.07, 6.45) is -0.196. The highest BCUT2D eigenvalue weighted by Gasteiger charge is 2.36. The van der Waals surface area contributed by atoms with Crippen LogP contribution in [0.1, 0.15) is 20.8 Å². The van der Waals surface area contributed by atoms with Gasteiger partial charge < -0.3 is 9.47 Å². The fraction of sp³-hybridized carbons (Fsp3) is 0.875. The van der Waals surface area contributed by atoms with Crippen molar-refractivity contribution in [3.8, 4) is 0 Å². The largest absolute Gasteiger partial charge is 0.461 e. The zero-order valence-electron chi connectivity index (χ0n) is 8.49. The van der Waals surface area contributed by atoms with Crippen molar-refractivity contribution in [1.29, 1.82) is 0 Å². The molecule has 0 aliphatic heterocycles. The normalized spacial score (nSPS) is 15.5. The average Bonchev–Trinajstić information content (AvgIpc) is 2.03. The molecule has 0 aliphatic carbocycles. The van der Waals surface area contributed by atoms with Crippen LogP contribution in [0.15, 0.2) is 0 Å². The van der Waals surface area contributed by atoms with E-state index in [-0.39, 0.29) is 12.7 Å². The van der Waals surface area contributed by atoms with E-state index in [2.05, 4.69) is 4.84 Å². The SMILES string of the molecule is COCC(C)(ON)C(=O)OC(C)C. The van der Waals surface area contributed by atoms with E-state index >= 15 is 0 Å². The lowest BCUT2D eigenvalue weighted by molar-refractivity contribution is -0.181. The molecule has 2 N–H and O–H groups in total. The van der Waals surface area contributed by atoms with Gasteiger partial charge in [0.25, 0.3) is 0 Å². The van der Waals surface area contributed by atoms with Gasteiger partial charge in [-0.25, -0.2) is 10.7 Å². The van der Waals surface area contributed by atoms with Crippen LogP contribution in [-0.4, -0.2) is 31.4 Å². The maximum Gasteiger partial charge on any atom is 0.342 e. The maximum absolute atomic E-state index is 11.4. The Hall–Kier alpha value is -0.650. The van der Waals surface area contributed by atoms with Gasteiger partial charge in [-0.2, -0.15) is 0 Å². The Bertz CT molecular complexity index is 172. The minimum absolute atomic E-state index is 0.0645. The van der Waals surface area contributed by atoms with E-state index in [4.69, 9.17) is 15.4 Å². The van der Waals surface area contributed by atoms with Gasteiger partial charge in [0.1, 0.15) is 0 Å². The number of hydrogen-bond acceptors (Lipinski definition) is 5. The van der Waals surface area contributed by atoms with Gasteiger partial charge in [0.15, 0.2) is 0 Å². The third-order valence-corrected chi connectivity index (χ3v) is 1.45. The highest BCUT2D eigenvalue weighted by molar-refractivity contribution is 5.79. The molecule has 0 radical (unpaired) electrons. The first kappa shape index (κ1) is 12.3. The number of carbonyl (C=O) groups excluding carboxylic acids is 1. The molecule has 1 atom stereocenters. The summed E-state index contributed by atoms with van der Waals surface area (Å²) < 4.78 is 9.73. The van der Waals surface area contributed by atoms with E-state index in [1.54, 1.807) is 13.8 Å². The Morgan fingerprint density at radius 1 is 1.54 bits per heavy atom. The Kier molecular flexibility index (Phi) is 4.90. The van der Waals surface area contributed by atoms with Crippen molar-refractivity contribution in [2.45, 2.75) is 32.5 Å². The van der Waals surface area contributed by atoms with Crippen molar-refractivity contribution in [1.82, 2.24) is 0 Å². The van der Waals surface area contributed by atoms with Gasteiger partial charge in [0.2, 0.25) is 5.60 Å². The molecule has 0 bridgehead atoms. The number of ether oxygens (including phenoxy) is 2. The zero-order chi connectivity index (χ0) is 10.5. The van der Waals surface area contributed by atoms with E-state index in [1.165, 1.54) is 14.0 Å². The second-order valence-corrected chi connectivity index (χ2v) is 3.24. The summed E-state index contributed by atoms with van der Waals surface area (Å²) in [5.74, 6) is 4.47. The first-order valence-electron chi connectivity index (χ1n) is 4.04. The Morgan fingerprint density at radius 2 is 2.08 bits per heavy atom. The third-order valence-electron chi connectivity index (χ3n) is 1.45. The predicted molar refractivity (Wildman–Crippen MR) is 46.8 cm³/mol. The molecule has 0 aromatic heterocycles. The standard InChI is InChI=1S/C8H17NO4/c1-6(2)12-7(10)8(3,13-9)5-11-4/h6H,5,9H2,1-4H3. The maximum atomic E-state index is 11.4. The van der Waals surface area contributed by atoms with Gasteiger partial charge in [-0.05, 0) is 20.8 Å². The van der Waals surface area contributed by atoms with Crippen LogP contribution in [0.3, 0.4) is 0 Å². The van der Waals surface area contributed by atoms with Gasteiger partial charge in [-0.1, -0.05) is 0 Å². The molecule has 0 saturated carbocycles. The van der Waals surface area contributed by atoms with Crippen LogP contribution in [0.5, 0.6) is 0 Å². The molecule has 0 aliphatic rings. The highest BCUT2D eigenvalue weighted by atomic mass is 16.7. The molecule has 0 aromatic rings. The molecule has 0 rings (SSSR count). The lowest BCUT2D eigenvalue weighted by atomic mass is 10.1. The van der Waals surface area contributed by atoms with Crippen LogP contribution in [0, 0.1) is 0 Å². The molecular formula is C8H17NO4. The fourth-order valence-corrected chi connectivity index (χ4v) is 0.755. The number of methoxy groups -OCH3 is 1. The van der Waals surface area contributed by atoms with Crippen LogP contribution in [-0.2, 0) is 19.1 Å². The van der Waals surface area contributed by atoms with E-state index in [1.807, 2.05) is 0 Å². The molecule has 13 heavy (non-hydrogen) atoms. The second-order valence-electron chi connectivity index (χ2n) is 3.24. The first-order chi connectivity index (χ1) is 5.96. The van der Waals surface area contributed by atoms with Crippen molar-refractivity contribution in [3.63, 3.8) is 0 Å². The predicted octanol–water partition coefficient (Wildman–Crippen LogP) is 0.233. The number of esters is 1. The molecule has 5 nitrogen and oxygen atoms in total. The Labute approximate surface area is 78.1 Å². The quantitative estimate of drug-likeness (QED) is 0.497. The van der Waals surface area contributed by atoms with Crippen molar-refractivity contribution >= 4 is 5.97 Å². The van der Waals surface area contributed by atoms with Crippen LogP contribution < -0.4 is 5.90 Å². The fourth-order valence-electron chi connectivity index (χ4n) is 0.755. The van der Waals surface area contributed by atoms with Gasteiger partial charge in [-0.15, -0.1) is 0 Å². The molecule has 78 valence electrons. The summed E-state index contributed by atoms with van der Waals surface area (Å²) in [6, 6.07) is 0. The summed E-state index contributed by atoms with van der Waals surface area (Å²) in [5.41, 5.74) is -1.22. The molecule has 0 aromatic carbocycles. The van der Waals surface area contributed by atoms with Crippen molar-refractivity contribution in [2.75, 3.05) is 13.7 Å². The molecule has 0 spiro atoms. The lowest BCUT2D eigenvalue weighted by Gasteiger charge is -2.24. The van der Waals surface area contributed by atoms with Crippen LogP contribution in [0.4, 0.5) is 0 Å². The minimum atomic E-state index is -1.22.